The van der Waals surface area contributed by atoms with Gasteiger partial charge in [-0.3, -0.25) is 4.79 Å². The van der Waals surface area contributed by atoms with Gasteiger partial charge in [0.2, 0.25) is 5.96 Å². The van der Waals surface area contributed by atoms with Crippen LogP contribution in [-0.2, 0) is 11.8 Å². The zero-order valence-electron chi connectivity index (χ0n) is 14.4. The second kappa shape index (κ2) is 6.00. The molecule has 0 bridgehead atoms. The van der Waals surface area contributed by atoms with E-state index in [1.54, 1.807) is 11.3 Å². The number of hydrazone groups is 1. The average molecular weight is 353 g/mol. The SMILES string of the molecule is CC1=NN(C2=NC(c3ccc(C)s3)C=C(c3cccn3C)N2)C(=O)C1. The van der Waals surface area contributed by atoms with Gasteiger partial charge in [-0.25, -0.2) is 4.99 Å². The van der Waals surface area contributed by atoms with Crippen molar-refractivity contribution in [3.8, 4) is 0 Å². The summed E-state index contributed by atoms with van der Waals surface area (Å²) < 4.78 is 2.04. The van der Waals surface area contributed by atoms with Gasteiger partial charge in [0, 0.05) is 28.7 Å². The van der Waals surface area contributed by atoms with Crippen LogP contribution in [0.5, 0.6) is 0 Å². The van der Waals surface area contributed by atoms with E-state index in [1.807, 2.05) is 36.9 Å². The number of rotatable bonds is 2. The van der Waals surface area contributed by atoms with Crippen molar-refractivity contribution in [1.82, 2.24) is 14.9 Å². The second-order valence-electron chi connectivity index (χ2n) is 6.27. The summed E-state index contributed by atoms with van der Waals surface area (Å²) in [6, 6.07) is 8.09. The molecule has 128 valence electrons. The Bertz CT molecular complexity index is 933. The fraction of sp³-hybridized carbons (Fsp3) is 0.278. The first kappa shape index (κ1) is 15.8. The first-order valence-electron chi connectivity index (χ1n) is 8.13. The number of nitrogens with one attached hydrogen (secondary N) is 1. The summed E-state index contributed by atoms with van der Waals surface area (Å²) in [7, 11) is 2.00. The van der Waals surface area contributed by atoms with Gasteiger partial charge in [-0.15, -0.1) is 11.3 Å². The number of aliphatic imine (C=N–C) groups is 1. The Kier molecular flexibility index (Phi) is 3.80. The van der Waals surface area contributed by atoms with Crippen LogP contribution in [0.1, 0.15) is 34.8 Å². The summed E-state index contributed by atoms with van der Waals surface area (Å²) in [6.07, 6.45) is 4.44. The third kappa shape index (κ3) is 2.91. The minimum absolute atomic E-state index is 0.0574. The summed E-state index contributed by atoms with van der Waals surface area (Å²) in [5, 5.41) is 9.02. The van der Waals surface area contributed by atoms with Gasteiger partial charge in [0.05, 0.1) is 17.8 Å². The highest BCUT2D eigenvalue weighted by Gasteiger charge is 2.30. The van der Waals surface area contributed by atoms with Crippen LogP contribution in [0.4, 0.5) is 0 Å². The molecule has 6 nitrogen and oxygen atoms in total. The third-order valence-electron chi connectivity index (χ3n) is 4.22. The molecule has 25 heavy (non-hydrogen) atoms. The van der Waals surface area contributed by atoms with E-state index in [2.05, 4.69) is 35.6 Å². The Morgan fingerprint density at radius 1 is 1.28 bits per heavy atom. The third-order valence-corrected chi connectivity index (χ3v) is 5.29. The van der Waals surface area contributed by atoms with Crippen molar-refractivity contribution in [2.24, 2.45) is 17.1 Å². The van der Waals surface area contributed by atoms with E-state index in [0.717, 1.165) is 22.0 Å². The van der Waals surface area contributed by atoms with Gasteiger partial charge >= 0.3 is 0 Å². The van der Waals surface area contributed by atoms with Gasteiger partial charge in [0.15, 0.2) is 0 Å². The quantitative estimate of drug-likeness (QED) is 0.902. The molecule has 0 saturated heterocycles. The molecule has 2 aromatic heterocycles. The highest BCUT2D eigenvalue weighted by Crippen LogP contribution is 2.32. The summed E-state index contributed by atoms with van der Waals surface area (Å²) in [4.78, 5) is 19.4. The van der Waals surface area contributed by atoms with Crippen molar-refractivity contribution >= 4 is 34.6 Å². The smallest absolute Gasteiger partial charge is 0.255 e. The van der Waals surface area contributed by atoms with Crippen LogP contribution in [0.2, 0.25) is 0 Å². The van der Waals surface area contributed by atoms with Crippen molar-refractivity contribution in [2.45, 2.75) is 26.3 Å². The number of aryl methyl sites for hydroxylation is 2. The molecule has 2 aromatic rings. The minimum Gasteiger partial charge on any atom is -0.349 e. The van der Waals surface area contributed by atoms with E-state index in [0.29, 0.717) is 12.4 Å². The van der Waals surface area contributed by atoms with Crippen LogP contribution < -0.4 is 5.32 Å². The van der Waals surface area contributed by atoms with Crippen LogP contribution in [0.25, 0.3) is 5.70 Å². The van der Waals surface area contributed by atoms with E-state index in [9.17, 15) is 4.79 Å². The van der Waals surface area contributed by atoms with Crippen LogP contribution in [0.15, 0.2) is 46.6 Å². The van der Waals surface area contributed by atoms with E-state index in [1.165, 1.54) is 9.89 Å². The maximum atomic E-state index is 12.3. The normalized spacial score (nSPS) is 20.3. The number of amides is 1. The Hall–Kier alpha value is -2.67. The molecular formula is C18H19N5OS. The van der Waals surface area contributed by atoms with Gasteiger partial charge in [0.1, 0.15) is 6.04 Å². The lowest BCUT2D eigenvalue weighted by atomic mass is 10.1. The highest BCUT2D eigenvalue weighted by molar-refractivity contribution is 7.12. The predicted octanol–water partition coefficient (Wildman–Crippen LogP) is 3.04. The molecule has 1 unspecified atom stereocenters. The topological polar surface area (TPSA) is 62.0 Å². The Labute approximate surface area is 150 Å². The number of aromatic nitrogens is 1. The summed E-state index contributed by atoms with van der Waals surface area (Å²) in [6.45, 7) is 3.94. The number of guanidine groups is 1. The van der Waals surface area contributed by atoms with Gasteiger partial charge in [-0.1, -0.05) is 0 Å². The van der Waals surface area contributed by atoms with E-state index < -0.39 is 0 Å². The summed E-state index contributed by atoms with van der Waals surface area (Å²) in [5.74, 6) is 0.426. The summed E-state index contributed by atoms with van der Waals surface area (Å²) >= 11 is 1.72. The first-order valence-corrected chi connectivity index (χ1v) is 8.94. The van der Waals surface area contributed by atoms with E-state index in [-0.39, 0.29) is 11.9 Å². The van der Waals surface area contributed by atoms with Crippen molar-refractivity contribution < 1.29 is 4.79 Å². The molecule has 0 aliphatic carbocycles. The second-order valence-corrected chi connectivity index (χ2v) is 7.59. The van der Waals surface area contributed by atoms with Crippen LogP contribution in [0, 0.1) is 6.92 Å². The molecule has 7 heteroatoms. The van der Waals surface area contributed by atoms with E-state index >= 15 is 0 Å². The van der Waals surface area contributed by atoms with Crippen molar-refractivity contribution in [3.63, 3.8) is 0 Å². The lowest BCUT2D eigenvalue weighted by molar-refractivity contribution is -0.125. The zero-order valence-corrected chi connectivity index (χ0v) is 15.2. The minimum atomic E-state index is -0.135. The fourth-order valence-corrected chi connectivity index (χ4v) is 3.88. The number of thiophene rings is 1. The molecule has 0 aromatic carbocycles. The molecule has 1 amide bonds. The Morgan fingerprint density at radius 3 is 2.72 bits per heavy atom. The maximum Gasteiger partial charge on any atom is 0.255 e. The molecule has 1 atom stereocenters. The van der Waals surface area contributed by atoms with Crippen LogP contribution in [-0.4, -0.2) is 27.2 Å². The lowest BCUT2D eigenvalue weighted by Gasteiger charge is -2.25. The molecule has 0 saturated carbocycles. The van der Waals surface area contributed by atoms with Crippen molar-refractivity contribution in [2.75, 3.05) is 0 Å². The number of carbonyl (C=O) groups excluding carboxylic acids is 1. The van der Waals surface area contributed by atoms with E-state index in [4.69, 9.17) is 4.99 Å². The monoisotopic (exact) mass is 353 g/mol. The molecule has 0 radical (unpaired) electrons. The molecule has 0 fully saturated rings. The molecule has 4 rings (SSSR count). The average Bonchev–Trinajstić information content (AvgIpc) is 3.27. The number of nitrogens with zero attached hydrogens (tertiary/aromatic N) is 4. The van der Waals surface area contributed by atoms with Gasteiger partial charge in [-0.2, -0.15) is 10.1 Å². The fourth-order valence-electron chi connectivity index (χ4n) is 3.00. The molecular weight excluding hydrogens is 334 g/mol. The zero-order chi connectivity index (χ0) is 17.6. The van der Waals surface area contributed by atoms with Crippen molar-refractivity contribution in [3.05, 3.63) is 52.0 Å². The van der Waals surface area contributed by atoms with Crippen LogP contribution >= 0.6 is 11.3 Å². The first-order chi connectivity index (χ1) is 12.0. The molecule has 1 N–H and O–H groups in total. The number of carbonyl (C=O) groups is 1. The van der Waals surface area contributed by atoms with Gasteiger partial charge < -0.3 is 9.88 Å². The predicted molar refractivity (Wildman–Crippen MR) is 100 cm³/mol. The molecule has 2 aliphatic rings. The molecule has 4 heterocycles. The summed E-state index contributed by atoms with van der Waals surface area (Å²) in [5.41, 5.74) is 2.77. The van der Waals surface area contributed by atoms with Gasteiger partial charge in [-0.05, 0) is 44.2 Å². The van der Waals surface area contributed by atoms with Crippen LogP contribution in [0.3, 0.4) is 0 Å². The maximum absolute atomic E-state index is 12.3. The Morgan fingerprint density at radius 2 is 2.12 bits per heavy atom. The standard InChI is InChI=1S/C18H19N5OS/c1-11-9-17(24)23(21-11)18-19-13(15-5-4-8-22(15)3)10-14(20-18)16-7-6-12(2)25-16/h4-8,10,14H,9H2,1-3H3,(H,19,20). The number of hydrogen-bond donors (Lipinski definition) is 1. The molecule has 0 spiro atoms. The largest absolute Gasteiger partial charge is 0.349 e. The lowest BCUT2D eigenvalue weighted by Crippen LogP contribution is -2.41. The highest BCUT2D eigenvalue weighted by atomic mass is 32.1. The molecule has 2 aliphatic heterocycles. The Balaban J connectivity index is 1.76. The van der Waals surface area contributed by atoms with Crippen molar-refractivity contribution in [1.29, 1.82) is 0 Å². The van der Waals surface area contributed by atoms with Gasteiger partial charge in [0.25, 0.3) is 5.91 Å². The number of hydrogen-bond acceptors (Lipinski definition) is 5.